The smallest absolute Gasteiger partial charge is 0.417 e. The van der Waals surface area contributed by atoms with Gasteiger partial charge in [-0.25, -0.2) is 18.6 Å². The Morgan fingerprint density at radius 2 is 1.71 bits per heavy atom. The molecule has 0 radical (unpaired) electrons. The van der Waals surface area contributed by atoms with Gasteiger partial charge < -0.3 is 24.0 Å². The Labute approximate surface area is 280 Å². The van der Waals surface area contributed by atoms with E-state index in [2.05, 4.69) is 4.98 Å². The van der Waals surface area contributed by atoms with Gasteiger partial charge in [0.15, 0.2) is 0 Å². The molecule has 3 heterocycles. The molecule has 3 fully saturated rings. The molecule has 260 valence electrons. The van der Waals surface area contributed by atoms with Crippen LogP contribution in [0.2, 0.25) is 0 Å². The van der Waals surface area contributed by atoms with Crippen LogP contribution in [0.15, 0.2) is 42.6 Å². The summed E-state index contributed by atoms with van der Waals surface area (Å²) >= 11 is 0. The summed E-state index contributed by atoms with van der Waals surface area (Å²) in [5.74, 6) is -2.08. The molecule has 2 saturated heterocycles. The zero-order valence-corrected chi connectivity index (χ0v) is 27.5. The van der Waals surface area contributed by atoms with E-state index in [-0.39, 0.29) is 52.2 Å². The van der Waals surface area contributed by atoms with Crippen molar-refractivity contribution >= 4 is 17.7 Å². The van der Waals surface area contributed by atoms with E-state index < -0.39 is 41.1 Å². The van der Waals surface area contributed by atoms with Gasteiger partial charge >= 0.3 is 18.2 Å². The number of fused-ring (bicyclic) bond motifs is 3. The minimum Gasteiger partial charge on any atom is -0.473 e. The fourth-order valence-electron chi connectivity index (χ4n) is 7.53. The Kier molecular flexibility index (Phi) is 7.83. The third-order valence-corrected chi connectivity index (χ3v) is 9.77. The largest absolute Gasteiger partial charge is 0.473 e. The Morgan fingerprint density at radius 1 is 0.980 bits per heavy atom. The quantitative estimate of drug-likeness (QED) is 0.193. The highest BCUT2D eigenvalue weighted by molar-refractivity contribution is 5.79. The van der Waals surface area contributed by atoms with Crippen LogP contribution >= 0.6 is 0 Å². The zero-order chi connectivity index (χ0) is 35.0. The lowest BCUT2D eigenvalue weighted by molar-refractivity contribution is -0.145. The average molecular weight is 686 g/mol. The van der Waals surface area contributed by atoms with Crippen LogP contribution in [0.1, 0.15) is 55.9 Å². The molecule has 1 saturated carbocycles. The van der Waals surface area contributed by atoms with Crippen LogP contribution in [0.4, 0.5) is 32.4 Å². The van der Waals surface area contributed by atoms with Crippen molar-refractivity contribution in [1.82, 2.24) is 9.88 Å². The second-order valence-corrected chi connectivity index (χ2v) is 14.5. The molecular formula is C36H36F5N3O5. The third-order valence-electron chi connectivity index (χ3n) is 9.77. The van der Waals surface area contributed by atoms with Gasteiger partial charge in [-0.2, -0.15) is 13.2 Å². The Hall–Kier alpha value is -4.42. The molecule has 13 heteroatoms. The van der Waals surface area contributed by atoms with E-state index in [4.69, 9.17) is 14.2 Å². The number of alkyl halides is 3. The molecule has 2 aliphatic heterocycles. The van der Waals surface area contributed by atoms with Crippen molar-refractivity contribution in [2.24, 2.45) is 17.3 Å². The monoisotopic (exact) mass is 685 g/mol. The van der Waals surface area contributed by atoms with E-state index in [1.807, 2.05) is 4.90 Å². The first kappa shape index (κ1) is 33.1. The average Bonchev–Trinajstić information content (AvgIpc) is 3.55. The fraction of sp³-hybridized carbons (Fsp3) is 0.472. The summed E-state index contributed by atoms with van der Waals surface area (Å²) in [5, 5.41) is 0. The van der Waals surface area contributed by atoms with Gasteiger partial charge in [0.05, 0.1) is 18.1 Å². The molecule has 8 nitrogen and oxygen atoms in total. The number of hydrogen-bond acceptors (Lipinski definition) is 7. The molecule has 4 aliphatic rings. The molecular weight excluding hydrogens is 649 g/mol. The highest BCUT2D eigenvalue weighted by Gasteiger charge is 2.60. The van der Waals surface area contributed by atoms with Crippen LogP contribution in [0.5, 0.6) is 5.88 Å². The van der Waals surface area contributed by atoms with Gasteiger partial charge in [-0.1, -0.05) is 0 Å². The zero-order valence-electron chi connectivity index (χ0n) is 27.5. The maximum atomic E-state index is 15.6. The first-order valence-corrected chi connectivity index (χ1v) is 16.3. The SMILES string of the molecule is CCOC(=O)[C@H]1[C@@H]2Cc3cc(OCc4cc(-c5ccc(N6CC7(CN(C(=O)OC(C)(C)C)C7)C6)cc5F)c(C(F)(F)F)cc4F)ncc3[C@@H]21. The molecule has 2 aliphatic carbocycles. The molecule has 7 rings (SSSR count). The molecule has 1 aromatic heterocycles. The number of likely N-dealkylation sites (tertiary alicyclic amines) is 1. The molecule has 0 N–H and O–H groups in total. The van der Waals surface area contributed by atoms with E-state index in [0.29, 0.717) is 51.0 Å². The van der Waals surface area contributed by atoms with Crippen molar-refractivity contribution in [3.05, 3.63) is 76.5 Å². The second kappa shape index (κ2) is 11.6. The van der Waals surface area contributed by atoms with Crippen molar-refractivity contribution in [2.75, 3.05) is 37.7 Å². The lowest BCUT2D eigenvalue weighted by atomic mass is 9.73. The Morgan fingerprint density at radius 3 is 2.37 bits per heavy atom. The fourth-order valence-corrected chi connectivity index (χ4v) is 7.53. The molecule has 2 aromatic carbocycles. The number of halogens is 5. The van der Waals surface area contributed by atoms with Crippen LogP contribution in [-0.4, -0.2) is 60.3 Å². The van der Waals surface area contributed by atoms with Gasteiger partial charge in [0, 0.05) is 66.6 Å². The van der Waals surface area contributed by atoms with Gasteiger partial charge in [0.1, 0.15) is 23.8 Å². The molecule has 1 spiro atoms. The number of amides is 1. The molecule has 1 amide bonds. The topological polar surface area (TPSA) is 81.2 Å². The van der Waals surface area contributed by atoms with Crippen molar-refractivity contribution < 1.29 is 45.8 Å². The number of ether oxygens (including phenoxy) is 3. The maximum Gasteiger partial charge on any atom is 0.417 e. The summed E-state index contributed by atoms with van der Waals surface area (Å²) in [6.45, 7) is 9.14. The number of nitrogens with zero attached hydrogens (tertiary/aromatic N) is 3. The number of pyridine rings is 1. The summed E-state index contributed by atoms with van der Waals surface area (Å²) < 4.78 is 89.2. The first-order chi connectivity index (χ1) is 23.1. The van der Waals surface area contributed by atoms with Crippen LogP contribution in [0.25, 0.3) is 11.1 Å². The summed E-state index contributed by atoms with van der Waals surface area (Å²) in [5.41, 5.74) is -0.684. The number of rotatable bonds is 7. The summed E-state index contributed by atoms with van der Waals surface area (Å²) in [7, 11) is 0. The molecule has 49 heavy (non-hydrogen) atoms. The minimum atomic E-state index is -4.95. The van der Waals surface area contributed by atoms with E-state index in [1.165, 1.54) is 12.1 Å². The van der Waals surface area contributed by atoms with Gasteiger partial charge in [-0.15, -0.1) is 0 Å². The minimum absolute atomic E-state index is 0.0433. The van der Waals surface area contributed by atoms with Gasteiger partial charge in [-0.3, -0.25) is 4.79 Å². The lowest BCUT2D eigenvalue weighted by Gasteiger charge is -2.60. The van der Waals surface area contributed by atoms with E-state index >= 15 is 8.78 Å². The van der Waals surface area contributed by atoms with Crippen molar-refractivity contribution in [1.29, 1.82) is 0 Å². The van der Waals surface area contributed by atoms with Gasteiger partial charge in [0.25, 0.3) is 0 Å². The standard InChI is InChI=1S/C36H36F5N3O5/c1-5-47-32(45)31-24-8-19-10-29(42-13-25(19)30(24)31)48-14-20-9-23(26(12-27(20)37)36(39,40)41)22-7-6-21(11-28(22)38)43-15-35(16-43)17-44(18-35)33(46)49-34(2,3)4/h6-7,9-13,24,30-31H,5,8,14-18H2,1-4H3/t24-,30-,31+/m1/s1. The van der Waals surface area contributed by atoms with E-state index in [0.717, 1.165) is 17.2 Å². The molecule has 3 aromatic rings. The second-order valence-electron chi connectivity index (χ2n) is 14.5. The highest BCUT2D eigenvalue weighted by Crippen LogP contribution is 2.62. The lowest BCUT2D eigenvalue weighted by Crippen LogP contribution is -2.73. The number of carbonyl (C=O) groups is 2. The number of benzene rings is 2. The van der Waals surface area contributed by atoms with Crippen molar-refractivity contribution in [2.45, 2.75) is 58.4 Å². The van der Waals surface area contributed by atoms with Crippen molar-refractivity contribution in [3.63, 3.8) is 0 Å². The van der Waals surface area contributed by atoms with Crippen molar-refractivity contribution in [3.8, 4) is 17.0 Å². The predicted molar refractivity (Wildman–Crippen MR) is 168 cm³/mol. The summed E-state index contributed by atoms with van der Waals surface area (Å²) in [4.78, 5) is 32.3. The first-order valence-electron chi connectivity index (χ1n) is 16.3. The van der Waals surface area contributed by atoms with Gasteiger partial charge in [-0.05, 0) is 87.1 Å². The normalized spacial score (nSPS) is 21.8. The third kappa shape index (κ3) is 6.16. The summed E-state index contributed by atoms with van der Waals surface area (Å²) in [6, 6.07) is 7.03. The van der Waals surface area contributed by atoms with E-state index in [1.54, 1.807) is 50.9 Å². The Balaban J connectivity index is 1.04. The number of carbonyl (C=O) groups excluding carboxylic acids is 2. The maximum absolute atomic E-state index is 15.6. The van der Waals surface area contributed by atoms with Gasteiger partial charge in [0.2, 0.25) is 5.88 Å². The number of hydrogen-bond donors (Lipinski definition) is 0. The van der Waals surface area contributed by atoms with Crippen LogP contribution in [-0.2, 0) is 33.5 Å². The van der Waals surface area contributed by atoms with Crippen LogP contribution in [0, 0.1) is 28.9 Å². The van der Waals surface area contributed by atoms with Crippen LogP contribution < -0.4 is 9.64 Å². The summed E-state index contributed by atoms with van der Waals surface area (Å²) in [6.07, 6.45) is -3.08. The Bertz CT molecular complexity index is 1830. The molecule has 0 unspecified atom stereocenters. The molecule has 3 atom stereocenters. The number of anilines is 1. The predicted octanol–water partition coefficient (Wildman–Crippen LogP) is 7.13. The number of aromatic nitrogens is 1. The highest BCUT2D eigenvalue weighted by atomic mass is 19.4. The van der Waals surface area contributed by atoms with E-state index in [9.17, 15) is 22.8 Å². The number of esters is 1. The molecule has 0 bridgehead atoms. The van der Waals surface area contributed by atoms with Crippen LogP contribution in [0.3, 0.4) is 0 Å².